The summed E-state index contributed by atoms with van der Waals surface area (Å²) in [5.41, 5.74) is 3.24. The molecule has 2 aliphatic carbocycles. The number of pyridine rings is 2. The summed E-state index contributed by atoms with van der Waals surface area (Å²) in [7, 11) is 0. The van der Waals surface area contributed by atoms with Crippen LogP contribution >= 0.6 is 0 Å². The fourth-order valence-electron chi connectivity index (χ4n) is 5.41. The molecule has 7 heteroatoms. The first-order valence-electron chi connectivity index (χ1n) is 10.7. The first kappa shape index (κ1) is 18.4. The number of piperidine rings is 1. The quantitative estimate of drug-likeness (QED) is 0.653. The lowest BCUT2D eigenvalue weighted by atomic mass is 9.73. The molecule has 1 saturated heterocycles. The smallest absolute Gasteiger partial charge is 0.256 e. The predicted octanol–water partition coefficient (Wildman–Crippen LogP) is 3.23. The number of carbonyl (C=O) groups excluding carboxylic acids is 1. The third-order valence-electron chi connectivity index (χ3n) is 7.01. The van der Waals surface area contributed by atoms with Gasteiger partial charge in [0.25, 0.3) is 5.91 Å². The number of aromatic nitrogens is 4. The van der Waals surface area contributed by atoms with E-state index in [2.05, 4.69) is 19.9 Å². The standard InChI is InChI=1S/C24H23N5O2/c1-14-4-7-19(27-12-14)31-18-11-24-10-16(24)13-29(21(18)24)23(30)17-6-5-15(2)28-20(17)22-25-8-3-9-26-22/h3-9,12,16,18,21H,10-11,13H2,1-2H3. The van der Waals surface area contributed by atoms with E-state index in [4.69, 9.17) is 4.74 Å². The lowest BCUT2D eigenvalue weighted by molar-refractivity contribution is -0.0345. The Hall–Kier alpha value is -3.35. The molecule has 1 aliphatic heterocycles. The van der Waals surface area contributed by atoms with Crippen molar-refractivity contribution in [3.05, 3.63) is 65.7 Å². The summed E-state index contributed by atoms with van der Waals surface area (Å²) >= 11 is 0. The zero-order valence-corrected chi connectivity index (χ0v) is 17.5. The number of hydrogen-bond acceptors (Lipinski definition) is 6. The van der Waals surface area contributed by atoms with Crippen molar-refractivity contribution in [3.8, 4) is 17.4 Å². The van der Waals surface area contributed by atoms with E-state index in [1.54, 1.807) is 18.5 Å². The van der Waals surface area contributed by atoms with Crippen LogP contribution in [-0.2, 0) is 0 Å². The fourth-order valence-corrected chi connectivity index (χ4v) is 5.41. The van der Waals surface area contributed by atoms with Crippen LogP contribution in [0.2, 0.25) is 0 Å². The second kappa shape index (κ2) is 6.57. The van der Waals surface area contributed by atoms with Gasteiger partial charge in [0, 0.05) is 42.3 Å². The van der Waals surface area contributed by atoms with Crippen molar-refractivity contribution in [2.45, 2.75) is 38.8 Å². The second-order valence-corrected chi connectivity index (χ2v) is 8.99. The van der Waals surface area contributed by atoms with Crippen LogP contribution in [0.1, 0.15) is 34.5 Å². The lowest BCUT2D eigenvalue weighted by Crippen LogP contribution is -2.59. The fraction of sp³-hybridized carbons (Fsp3) is 0.375. The highest BCUT2D eigenvalue weighted by Crippen LogP contribution is 2.71. The highest BCUT2D eigenvalue weighted by Gasteiger charge is 2.76. The van der Waals surface area contributed by atoms with E-state index in [1.807, 2.05) is 49.2 Å². The number of nitrogens with zero attached hydrogens (tertiary/aromatic N) is 5. The first-order chi connectivity index (χ1) is 15.0. The summed E-state index contributed by atoms with van der Waals surface area (Å²) in [5, 5.41) is 0. The van der Waals surface area contributed by atoms with Crippen LogP contribution in [-0.4, -0.2) is 49.4 Å². The first-order valence-corrected chi connectivity index (χ1v) is 10.7. The molecule has 3 aromatic rings. The van der Waals surface area contributed by atoms with Crippen molar-refractivity contribution in [1.82, 2.24) is 24.8 Å². The molecule has 4 unspecified atom stereocenters. The van der Waals surface area contributed by atoms with E-state index >= 15 is 0 Å². The van der Waals surface area contributed by atoms with E-state index in [1.165, 1.54) is 6.42 Å². The molecule has 0 radical (unpaired) electrons. The molecule has 0 N–H and O–H groups in total. The van der Waals surface area contributed by atoms with Crippen molar-refractivity contribution in [1.29, 1.82) is 0 Å². The van der Waals surface area contributed by atoms with Gasteiger partial charge in [0.05, 0.1) is 11.6 Å². The zero-order chi connectivity index (χ0) is 21.2. The van der Waals surface area contributed by atoms with Gasteiger partial charge in [0.1, 0.15) is 11.8 Å². The Bertz CT molecular complexity index is 1170. The maximum absolute atomic E-state index is 13.7. The Kier molecular flexibility index (Phi) is 3.91. The van der Waals surface area contributed by atoms with Gasteiger partial charge in [-0.25, -0.2) is 19.9 Å². The number of aryl methyl sites for hydroxylation is 2. The largest absolute Gasteiger partial charge is 0.472 e. The number of ether oxygens (including phenoxy) is 1. The third-order valence-corrected chi connectivity index (χ3v) is 7.01. The number of likely N-dealkylation sites (tertiary alicyclic amines) is 1. The molecule has 3 aliphatic rings. The second-order valence-electron chi connectivity index (χ2n) is 8.99. The average molecular weight is 413 g/mol. The van der Waals surface area contributed by atoms with Gasteiger partial charge in [0.2, 0.25) is 5.88 Å². The summed E-state index contributed by atoms with van der Waals surface area (Å²) in [4.78, 5) is 33.4. The summed E-state index contributed by atoms with van der Waals surface area (Å²) in [6, 6.07) is 9.46. The monoisotopic (exact) mass is 413 g/mol. The third kappa shape index (κ3) is 2.83. The molecule has 156 valence electrons. The van der Waals surface area contributed by atoms with E-state index in [9.17, 15) is 4.79 Å². The van der Waals surface area contributed by atoms with E-state index in [0.717, 1.165) is 24.2 Å². The molecule has 0 aromatic carbocycles. The van der Waals surface area contributed by atoms with Crippen LogP contribution in [0.3, 0.4) is 0 Å². The van der Waals surface area contributed by atoms with Gasteiger partial charge in [-0.05, 0) is 56.4 Å². The van der Waals surface area contributed by atoms with Crippen molar-refractivity contribution in [2.75, 3.05) is 6.54 Å². The van der Waals surface area contributed by atoms with Gasteiger partial charge in [-0.2, -0.15) is 0 Å². The molecule has 7 nitrogen and oxygen atoms in total. The van der Waals surface area contributed by atoms with Gasteiger partial charge in [0.15, 0.2) is 5.82 Å². The van der Waals surface area contributed by atoms with Gasteiger partial charge in [-0.1, -0.05) is 6.07 Å². The average Bonchev–Trinajstić information content (AvgIpc) is 3.43. The Morgan fingerprint density at radius 1 is 1.10 bits per heavy atom. The zero-order valence-electron chi connectivity index (χ0n) is 17.5. The highest BCUT2D eigenvalue weighted by molar-refractivity contribution is 6.00. The SMILES string of the molecule is Cc1ccc(OC2CC34CC3CN(C(=O)c3ccc(C)nc3-c3ncccn3)C24)nc1. The number of hydrogen-bond donors (Lipinski definition) is 0. The molecule has 3 aromatic heterocycles. The Balaban J connectivity index is 1.30. The molecule has 6 rings (SSSR count). The highest BCUT2D eigenvalue weighted by atomic mass is 16.5. The van der Waals surface area contributed by atoms with E-state index in [-0.39, 0.29) is 23.5 Å². The summed E-state index contributed by atoms with van der Waals surface area (Å²) in [5.74, 6) is 1.65. The molecule has 4 heterocycles. The van der Waals surface area contributed by atoms with E-state index < -0.39 is 0 Å². The van der Waals surface area contributed by atoms with Gasteiger partial charge < -0.3 is 9.64 Å². The minimum absolute atomic E-state index is 0.0170. The Labute approximate surface area is 180 Å². The predicted molar refractivity (Wildman–Crippen MR) is 113 cm³/mol. The minimum Gasteiger partial charge on any atom is -0.472 e. The van der Waals surface area contributed by atoms with E-state index in [0.29, 0.717) is 28.9 Å². The molecular formula is C24H23N5O2. The maximum atomic E-state index is 13.7. The van der Waals surface area contributed by atoms with Gasteiger partial charge in [-0.15, -0.1) is 0 Å². The lowest BCUT2D eigenvalue weighted by Gasteiger charge is -2.47. The summed E-state index contributed by atoms with van der Waals surface area (Å²) in [6.07, 6.45) is 7.30. The maximum Gasteiger partial charge on any atom is 0.256 e. The number of amides is 1. The normalized spacial score (nSPS) is 27.8. The van der Waals surface area contributed by atoms with Crippen LogP contribution in [0.15, 0.2) is 48.9 Å². The molecule has 0 bridgehead atoms. The number of carbonyl (C=O) groups is 1. The molecule has 31 heavy (non-hydrogen) atoms. The van der Waals surface area contributed by atoms with Crippen LogP contribution in [0.25, 0.3) is 11.5 Å². The number of rotatable bonds is 4. The molecule has 1 amide bonds. The minimum atomic E-state index is -0.0264. The molecule has 4 atom stereocenters. The van der Waals surface area contributed by atoms with Crippen molar-refractivity contribution in [3.63, 3.8) is 0 Å². The summed E-state index contributed by atoms with van der Waals surface area (Å²) < 4.78 is 6.22. The Morgan fingerprint density at radius 2 is 1.94 bits per heavy atom. The van der Waals surface area contributed by atoms with Gasteiger partial charge in [-0.3, -0.25) is 4.79 Å². The van der Waals surface area contributed by atoms with Crippen molar-refractivity contribution >= 4 is 5.91 Å². The van der Waals surface area contributed by atoms with Crippen LogP contribution in [0.4, 0.5) is 0 Å². The van der Waals surface area contributed by atoms with Crippen LogP contribution in [0, 0.1) is 25.2 Å². The molecular weight excluding hydrogens is 390 g/mol. The van der Waals surface area contributed by atoms with Crippen LogP contribution in [0.5, 0.6) is 5.88 Å². The van der Waals surface area contributed by atoms with Gasteiger partial charge >= 0.3 is 0 Å². The topological polar surface area (TPSA) is 81.1 Å². The Morgan fingerprint density at radius 3 is 2.71 bits per heavy atom. The van der Waals surface area contributed by atoms with Crippen molar-refractivity contribution < 1.29 is 9.53 Å². The molecule has 2 saturated carbocycles. The van der Waals surface area contributed by atoms with Crippen LogP contribution < -0.4 is 4.74 Å². The summed E-state index contributed by atoms with van der Waals surface area (Å²) in [6.45, 7) is 4.68. The van der Waals surface area contributed by atoms with Crippen molar-refractivity contribution in [2.24, 2.45) is 11.3 Å². The molecule has 3 fully saturated rings. The molecule has 1 spiro atoms.